The van der Waals surface area contributed by atoms with Crippen LogP contribution in [-0.2, 0) is 9.59 Å². The van der Waals surface area contributed by atoms with Crippen molar-refractivity contribution in [1.29, 1.82) is 0 Å². The van der Waals surface area contributed by atoms with Gasteiger partial charge in [0.25, 0.3) is 0 Å². The van der Waals surface area contributed by atoms with Gasteiger partial charge in [0.05, 0.1) is 13.1 Å². The van der Waals surface area contributed by atoms with E-state index in [9.17, 15) is 9.59 Å². The summed E-state index contributed by atoms with van der Waals surface area (Å²) in [6.45, 7) is 2.96. The van der Waals surface area contributed by atoms with Crippen molar-refractivity contribution in [1.82, 2.24) is 15.5 Å². The van der Waals surface area contributed by atoms with Crippen molar-refractivity contribution in [2.24, 2.45) is 0 Å². The third-order valence-electron chi connectivity index (χ3n) is 2.47. The maximum Gasteiger partial charge on any atom is 0.241 e. The van der Waals surface area contributed by atoms with Crippen LogP contribution in [0.2, 0.25) is 0 Å². The number of nitrogens with one attached hydrogen (secondary N) is 2. The molecule has 1 aliphatic rings. The maximum atomic E-state index is 11.3. The monoisotopic (exact) mass is 213 g/mol. The average Bonchev–Trinajstić information content (AvgIpc) is 3.05. The van der Waals surface area contributed by atoms with Crippen molar-refractivity contribution in [3.05, 3.63) is 0 Å². The Morgan fingerprint density at radius 2 is 2.00 bits per heavy atom. The molecule has 15 heavy (non-hydrogen) atoms. The van der Waals surface area contributed by atoms with Gasteiger partial charge >= 0.3 is 0 Å². The normalized spacial score (nSPS) is 14.8. The molecule has 86 valence electrons. The molecular weight excluding hydrogens is 194 g/mol. The van der Waals surface area contributed by atoms with Gasteiger partial charge in [-0.1, -0.05) is 0 Å². The molecule has 1 rings (SSSR count). The van der Waals surface area contributed by atoms with Gasteiger partial charge in [-0.05, 0) is 19.8 Å². The molecule has 0 aromatic carbocycles. The average molecular weight is 213 g/mol. The van der Waals surface area contributed by atoms with E-state index in [0.29, 0.717) is 19.1 Å². The second-order valence-electron chi connectivity index (χ2n) is 3.84. The molecule has 0 aliphatic heterocycles. The molecule has 0 atom stereocenters. The van der Waals surface area contributed by atoms with E-state index in [4.69, 9.17) is 0 Å². The molecule has 0 bridgehead atoms. The fourth-order valence-electron chi connectivity index (χ4n) is 1.07. The summed E-state index contributed by atoms with van der Waals surface area (Å²) < 4.78 is 0. The van der Waals surface area contributed by atoms with Crippen LogP contribution in [0, 0.1) is 0 Å². The van der Waals surface area contributed by atoms with Crippen LogP contribution in [-0.4, -0.2) is 49.4 Å². The lowest BCUT2D eigenvalue weighted by atomic mass is 10.4. The molecule has 0 heterocycles. The molecule has 1 fully saturated rings. The van der Waals surface area contributed by atoms with Gasteiger partial charge in [0.15, 0.2) is 0 Å². The Morgan fingerprint density at radius 3 is 2.53 bits per heavy atom. The van der Waals surface area contributed by atoms with Gasteiger partial charge in [-0.25, -0.2) is 0 Å². The molecule has 0 aromatic heterocycles. The summed E-state index contributed by atoms with van der Waals surface area (Å²) in [7, 11) is 1.72. The van der Waals surface area contributed by atoms with Gasteiger partial charge in [-0.2, -0.15) is 0 Å². The third-order valence-corrected chi connectivity index (χ3v) is 2.47. The Morgan fingerprint density at radius 1 is 1.33 bits per heavy atom. The predicted octanol–water partition coefficient (Wildman–Crippen LogP) is -0.667. The summed E-state index contributed by atoms with van der Waals surface area (Å²) in [5.74, 6) is -0.169. The van der Waals surface area contributed by atoms with Gasteiger partial charge in [-0.3, -0.25) is 9.59 Å². The van der Waals surface area contributed by atoms with Gasteiger partial charge in [-0.15, -0.1) is 0 Å². The lowest BCUT2D eigenvalue weighted by Gasteiger charge is -2.14. The van der Waals surface area contributed by atoms with E-state index in [1.165, 1.54) is 0 Å². The fraction of sp³-hybridized carbons (Fsp3) is 0.800. The topological polar surface area (TPSA) is 61.4 Å². The van der Waals surface area contributed by atoms with E-state index in [0.717, 1.165) is 12.8 Å². The van der Waals surface area contributed by atoms with Crippen molar-refractivity contribution in [2.75, 3.05) is 26.7 Å². The lowest BCUT2D eigenvalue weighted by molar-refractivity contribution is -0.131. The number of carbonyl (C=O) groups excluding carboxylic acids is 2. The molecule has 2 N–H and O–H groups in total. The van der Waals surface area contributed by atoms with Crippen molar-refractivity contribution in [3.63, 3.8) is 0 Å². The first-order chi connectivity index (χ1) is 7.13. The van der Waals surface area contributed by atoms with Gasteiger partial charge < -0.3 is 15.5 Å². The molecular formula is C10H19N3O2. The molecule has 0 spiro atoms. The second kappa shape index (κ2) is 5.70. The van der Waals surface area contributed by atoms with Crippen molar-refractivity contribution in [3.8, 4) is 0 Å². The minimum atomic E-state index is -0.111. The van der Waals surface area contributed by atoms with E-state index in [1.807, 2.05) is 6.92 Å². The van der Waals surface area contributed by atoms with Gasteiger partial charge in [0.2, 0.25) is 11.8 Å². The number of likely N-dealkylation sites (N-methyl/N-ethyl adjacent to an activating group) is 1. The highest BCUT2D eigenvalue weighted by Gasteiger charge is 2.21. The molecule has 0 aromatic rings. The first-order valence-corrected chi connectivity index (χ1v) is 5.37. The number of nitrogens with zero attached hydrogens (tertiary/aromatic N) is 1. The number of hydrogen-bond donors (Lipinski definition) is 2. The van der Waals surface area contributed by atoms with Crippen LogP contribution in [0.5, 0.6) is 0 Å². The summed E-state index contributed by atoms with van der Waals surface area (Å²) in [4.78, 5) is 24.1. The van der Waals surface area contributed by atoms with Crippen LogP contribution >= 0.6 is 0 Å². The molecule has 5 heteroatoms. The van der Waals surface area contributed by atoms with Crippen LogP contribution in [0.1, 0.15) is 19.8 Å². The van der Waals surface area contributed by atoms with E-state index in [2.05, 4.69) is 10.6 Å². The zero-order valence-electron chi connectivity index (χ0n) is 9.38. The molecule has 0 radical (unpaired) electrons. The lowest BCUT2D eigenvalue weighted by Crippen LogP contribution is -2.41. The van der Waals surface area contributed by atoms with E-state index in [-0.39, 0.29) is 18.4 Å². The highest BCUT2D eigenvalue weighted by Crippen LogP contribution is 2.17. The van der Waals surface area contributed by atoms with Crippen LogP contribution in [0.15, 0.2) is 0 Å². The summed E-state index contributed by atoms with van der Waals surface area (Å²) in [6.07, 6.45) is 2.32. The minimum Gasteiger partial charge on any atom is -0.346 e. The Hall–Kier alpha value is -1.10. The molecule has 0 saturated heterocycles. The van der Waals surface area contributed by atoms with Crippen LogP contribution in [0.4, 0.5) is 0 Å². The molecule has 1 saturated carbocycles. The summed E-state index contributed by atoms with van der Waals surface area (Å²) >= 11 is 0. The molecule has 2 amide bonds. The summed E-state index contributed by atoms with van der Waals surface area (Å²) in [5.41, 5.74) is 0. The number of amides is 2. The maximum absolute atomic E-state index is 11.3. The summed E-state index contributed by atoms with van der Waals surface area (Å²) in [6, 6.07) is 0.518. The van der Waals surface area contributed by atoms with Crippen molar-refractivity contribution >= 4 is 11.8 Å². The number of carbonyl (C=O) groups is 2. The minimum absolute atomic E-state index is 0.0581. The standard InChI is InChI=1S/C10H19N3O2/c1-3-13(2)10(15)7-12-9(14)6-11-8-4-5-8/h8,11H,3-7H2,1-2H3,(H,12,14). The van der Waals surface area contributed by atoms with E-state index >= 15 is 0 Å². The number of rotatable bonds is 6. The first kappa shape index (κ1) is 12.0. The second-order valence-corrected chi connectivity index (χ2v) is 3.84. The largest absolute Gasteiger partial charge is 0.346 e. The zero-order valence-corrected chi connectivity index (χ0v) is 9.38. The Balaban J connectivity index is 2.06. The quantitative estimate of drug-likeness (QED) is 0.615. The van der Waals surface area contributed by atoms with E-state index in [1.54, 1.807) is 11.9 Å². The van der Waals surface area contributed by atoms with Gasteiger partial charge in [0, 0.05) is 19.6 Å². The van der Waals surface area contributed by atoms with Crippen molar-refractivity contribution in [2.45, 2.75) is 25.8 Å². The van der Waals surface area contributed by atoms with Gasteiger partial charge in [0.1, 0.15) is 0 Å². The molecule has 1 aliphatic carbocycles. The van der Waals surface area contributed by atoms with Crippen LogP contribution in [0.3, 0.4) is 0 Å². The SMILES string of the molecule is CCN(C)C(=O)CNC(=O)CNC1CC1. The van der Waals surface area contributed by atoms with E-state index < -0.39 is 0 Å². The zero-order chi connectivity index (χ0) is 11.3. The predicted molar refractivity (Wildman–Crippen MR) is 57.3 cm³/mol. The Kier molecular flexibility index (Phi) is 4.55. The fourth-order valence-corrected chi connectivity index (χ4v) is 1.07. The smallest absolute Gasteiger partial charge is 0.241 e. The van der Waals surface area contributed by atoms with Crippen LogP contribution in [0.25, 0.3) is 0 Å². The highest BCUT2D eigenvalue weighted by molar-refractivity contribution is 5.85. The number of hydrogen-bond acceptors (Lipinski definition) is 3. The molecule has 0 unspecified atom stereocenters. The van der Waals surface area contributed by atoms with Crippen molar-refractivity contribution < 1.29 is 9.59 Å². The Labute approximate surface area is 90.2 Å². The molecule has 5 nitrogen and oxygen atoms in total. The first-order valence-electron chi connectivity index (χ1n) is 5.37. The van der Waals surface area contributed by atoms with Crippen LogP contribution < -0.4 is 10.6 Å². The Bertz CT molecular complexity index is 239. The highest BCUT2D eigenvalue weighted by atomic mass is 16.2. The summed E-state index contributed by atoms with van der Waals surface area (Å²) in [5, 5.41) is 5.67. The third kappa shape index (κ3) is 4.78.